The smallest absolute Gasteiger partial charge is 0.309 e. The number of rotatable bonds is 27. The van der Waals surface area contributed by atoms with Gasteiger partial charge in [-0.15, -0.1) is 0 Å². The topological polar surface area (TPSA) is 77.8 Å². The Bertz CT molecular complexity index is 489. The second kappa shape index (κ2) is 31.1. The van der Waals surface area contributed by atoms with Gasteiger partial charge in [-0.25, -0.2) is 0 Å². The minimum Gasteiger partial charge on any atom is -0.309 e. The fourth-order valence-electron chi connectivity index (χ4n) is 4.74. The van der Waals surface area contributed by atoms with E-state index in [0.717, 1.165) is 0 Å². The molecule has 0 aliphatic heterocycles. The van der Waals surface area contributed by atoms with Crippen molar-refractivity contribution in [1.29, 1.82) is 0 Å². The van der Waals surface area contributed by atoms with Crippen LogP contribution in [0.2, 0.25) is 0 Å². The second-order valence-corrected chi connectivity index (χ2v) is 12.0. The van der Waals surface area contributed by atoms with E-state index < -0.39 is 10.4 Å². The van der Waals surface area contributed by atoms with E-state index in [1.807, 2.05) is 0 Å². The Morgan fingerprint density at radius 3 is 0.750 bits per heavy atom. The summed E-state index contributed by atoms with van der Waals surface area (Å²) in [6.45, 7) is 3.57. The van der Waals surface area contributed by atoms with Gasteiger partial charge in [0, 0.05) is 0 Å². The van der Waals surface area contributed by atoms with Crippen LogP contribution in [0.5, 0.6) is 0 Å². The van der Waals surface area contributed by atoms with Crippen LogP contribution in [0, 0.1) is 0 Å². The average molecular weight is 536 g/mol. The van der Waals surface area contributed by atoms with Gasteiger partial charge in [0.25, 0.3) is 0 Å². The molecule has 0 aromatic rings. The van der Waals surface area contributed by atoms with Crippen molar-refractivity contribution in [3.05, 3.63) is 0 Å². The van der Waals surface area contributed by atoms with Crippen molar-refractivity contribution in [2.45, 2.75) is 174 Å². The summed E-state index contributed by atoms with van der Waals surface area (Å²) in [5.74, 6) is 0. The maximum absolute atomic E-state index is 8.74. The average Bonchev–Trinajstić information content (AvgIpc) is 2.80. The molecule has 0 radical (unpaired) electrons. The molecular weight excluding hydrogens is 470 g/mol. The Morgan fingerprint density at radius 1 is 0.417 bits per heavy atom. The van der Waals surface area contributed by atoms with Crippen molar-refractivity contribution >= 4 is 10.4 Å². The molecule has 0 heterocycles. The quantitative estimate of drug-likeness (QED) is 0.0808. The van der Waals surface area contributed by atoms with E-state index in [1.54, 1.807) is 0 Å². The van der Waals surface area contributed by atoms with Gasteiger partial charge in [-0.2, -0.15) is 8.42 Å². The van der Waals surface area contributed by atoms with Crippen LogP contribution in [0.15, 0.2) is 0 Å². The van der Waals surface area contributed by atoms with Gasteiger partial charge < -0.3 is 4.90 Å². The third-order valence-corrected chi connectivity index (χ3v) is 6.96. The van der Waals surface area contributed by atoms with Gasteiger partial charge in [-0.3, -0.25) is 9.11 Å². The van der Waals surface area contributed by atoms with Crippen LogP contribution in [-0.4, -0.2) is 43.1 Å². The number of unbranched alkanes of at least 4 members (excludes halogenated alkanes) is 25. The highest BCUT2D eigenvalue weighted by Crippen LogP contribution is 2.15. The van der Waals surface area contributed by atoms with Gasteiger partial charge in [0.2, 0.25) is 0 Å². The summed E-state index contributed by atoms with van der Waals surface area (Å²) in [6, 6.07) is 0. The highest BCUT2D eigenvalue weighted by Gasteiger charge is 1.96. The molecule has 0 fully saturated rings. The lowest BCUT2D eigenvalue weighted by Crippen LogP contribution is -2.12. The van der Waals surface area contributed by atoms with Gasteiger partial charge in [0.15, 0.2) is 0 Å². The lowest BCUT2D eigenvalue weighted by molar-refractivity contribution is 0.381. The van der Waals surface area contributed by atoms with Gasteiger partial charge in [-0.1, -0.05) is 167 Å². The zero-order chi connectivity index (χ0) is 27.2. The molecule has 0 aliphatic carbocycles. The van der Waals surface area contributed by atoms with E-state index in [-0.39, 0.29) is 0 Å². The molecule has 0 saturated heterocycles. The monoisotopic (exact) mass is 535 g/mol. The standard InChI is InChI=1S/C30H63N.H2O4S/c1-4-5-6-7-8-9-10-11-12-13-14-15-16-17-18-19-20-21-22-23-24-25-26-27-28-29-30-31(2)3;1-5(2,3)4/h4-30H2,1-3H3;(H2,1,2,3,4). The van der Waals surface area contributed by atoms with Crippen LogP contribution in [0.4, 0.5) is 0 Å². The molecule has 0 rings (SSSR count). The van der Waals surface area contributed by atoms with Crippen molar-refractivity contribution < 1.29 is 17.5 Å². The predicted molar refractivity (Wildman–Crippen MR) is 158 cm³/mol. The molecule has 0 amide bonds. The maximum Gasteiger partial charge on any atom is 0.394 e. The summed E-state index contributed by atoms with van der Waals surface area (Å²) in [6.07, 6.45) is 38.3. The summed E-state index contributed by atoms with van der Waals surface area (Å²) >= 11 is 0. The first kappa shape index (κ1) is 38.0. The van der Waals surface area contributed by atoms with E-state index in [2.05, 4.69) is 25.9 Å². The summed E-state index contributed by atoms with van der Waals surface area (Å²) in [7, 11) is -0.306. The van der Waals surface area contributed by atoms with Crippen LogP contribution >= 0.6 is 0 Å². The summed E-state index contributed by atoms with van der Waals surface area (Å²) < 4.78 is 31.6. The minimum absolute atomic E-state index is 1.26. The van der Waals surface area contributed by atoms with Crippen LogP contribution < -0.4 is 0 Å². The number of nitrogens with zero attached hydrogens (tertiary/aromatic N) is 1. The highest BCUT2D eigenvalue weighted by molar-refractivity contribution is 7.79. The predicted octanol–water partition coefficient (Wildman–Crippen LogP) is 10.1. The Hall–Kier alpha value is -0.170. The zero-order valence-electron chi connectivity index (χ0n) is 24.7. The van der Waals surface area contributed by atoms with E-state index in [1.165, 1.54) is 173 Å². The number of hydrogen-bond acceptors (Lipinski definition) is 3. The van der Waals surface area contributed by atoms with Crippen molar-refractivity contribution in [2.75, 3.05) is 20.6 Å². The lowest BCUT2D eigenvalue weighted by Gasteiger charge is -2.08. The molecule has 0 aromatic carbocycles. The fraction of sp³-hybridized carbons (Fsp3) is 1.00. The van der Waals surface area contributed by atoms with Crippen LogP contribution in [0.1, 0.15) is 174 Å². The molecule has 0 saturated carbocycles. The Balaban J connectivity index is 0. The van der Waals surface area contributed by atoms with Gasteiger partial charge in [-0.05, 0) is 27.1 Å². The summed E-state index contributed by atoms with van der Waals surface area (Å²) in [5, 5.41) is 0. The Kier molecular flexibility index (Phi) is 32.8. The molecule has 0 bridgehead atoms. The van der Waals surface area contributed by atoms with E-state index in [9.17, 15) is 0 Å². The molecule has 220 valence electrons. The maximum atomic E-state index is 8.74. The Labute approximate surface area is 227 Å². The zero-order valence-corrected chi connectivity index (χ0v) is 25.5. The van der Waals surface area contributed by atoms with Crippen LogP contribution in [0.3, 0.4) is 0 Å². The van der Waals surface area contributed by atoms with Crippen molar-refractivity contribution in [2.24, 2.45) is 0 Å². The van der Waals surface area contributed by atoms with Gasteiger partial charge in [0.05, 0.1) is 0 Å². The van der Waals surface area contributed by atoms with Crippen LogP contribution in [-0.2, 0) is 10.4 Å². The number of hydrogen-bond donors (Lipinski definition) is 2. The molecular formula is C30H65NO4S. The largest absolute Gasteiger partial charge is 0.394 e. The third kappa shape index (κ3) is 47.1. The molecule has 0 atom stereocenters. The van der Waals surface area contributed by atoms with Crippen molar-refractivity contribution in [3.63, 3.8) is 0 Å². The van der Waals surface area contributed by atoms with Crippen molar-refractivity contribution in [1.82, 2.24) is 4.90 Å². The van der Waals surface area contributed by atoms with E-state index in [4.69, 9.17) is 17.5 Å². The summed E-state index contributed by atoms with van der Waals surface area (Å²) in [5.41, 5.74) is 0. The van der Waals surface area contributed by atoms with E-state index in [0.29, 0.717) is 0 Å². The first-order valence-electron chi connectivity index (χ1n) is 15.6. The highest BCUT2D eigenvalue weighted by atomic mass is 32.3. The normalized spacial score (nSPS) is 11.6. The molecule has 6 heteroatoms. The minimum atomic E-state index is -4.67. The van der Waals surface area contributed by atoms with E-state index >= 15 is 0 Å². The van der Waals surface area contributed by atoms with Gasteiger partial charge in [0.1, 0.15) is 0 Å². The first-order valence-corrected chi connectivity index (χ1v) is 17.0. The third-order valence-electron chi connectivity index (χ3n) is 6.96. The molecule has 0 aliphatic rings. The van der Waals surface area contributed by atoms with Crippen molar-refractivity contribution in [3.8, 4) is 0 Å². The van der Waals surface area contributed by atoms with Crippen LogP contribution in [0.25, 0.3) is 0 Å². The molecule has 2 N–H and O–H groups in total. The first-order chi connectivity index (χ1) is 17.3. The molecule has 0 aromatic heterocycles. The second-order valence-electron chi connectivity index (χ2n) is 11.1. The molecule has 0 spiro atoms. The Morgan fingerprint density at radius 2 is 0.583 bits per heavy atom. The molecule has 0 unspecified atom stereocenters. The molecule has 5 nitrogen and oxygen atoms in total. The fourth-order valence-corrected chi connectivity index (χ4v) is 4.74. The van der Waals surface area contributed by atoms with Gasteiger partial charge >= 0.3 is 10.4 Å². The summed E-state index contributed by atoms with van der Waals surface area (Å²) in [4.78, 5) is 2.30. The SMILES string of the molecule is CCCCCCCCCCCCCCCCCCCCCCCCCCCCN(C)C.O=S(=O)(O)O. The lowest BCUT2D eigenvalue weighted by atomic mass is 10.0. The molecule has 36 heavy (non-hydrogen) atoms.